The van der Waals surface area contributed by atoms with Crippen molar-refractivity contribution >= 4 is 27.7 Å². The van der Waals surface area contributed by atoms with Crippen molar-refractivity contribution in [2.45, 2.75) is 13.8 Å². The van der Waals surface area contributed by atoms with Gasteiger partial charge in [0.25, 0.3) is 0 Å². The molecule has 2 aromatic rings. The highest BCUT2D eigenvalue weighted by molar-refractivity contribution is 7.19. The van der Waals surface area contributed by atoms with Crippen molar-refractivity contribution in [2.24, 2.45) is 0 Å². The average Bonchev–Trinajstić information content (AvgIpc) is 2.60. The fraction of sp³-hybridized carbons (Fsp3) is 0.222. The second-order valence-corrected chi connectivity index (χ2v) is 5.01. The minimum absolute atomic E-state index is 0.820. The van der Waals surface area contributed by atoms with Crippen LogP contribution in [-0.2, 0) is 0 Å². The topological polar surface area (TPSA) is 38.9 Å². The van der Waals surface area contributed by atoms with Crippen LogP contribution in [0.4, 0.5) is 5.00 Å². The van der Waals surface area contributed by atoms with E-state index in [1.807, 2.05) is 6.92 Å². The Bertz CT molecular complexity index is 409. The highest BCUT2D eigenvalue weighted by Gasteiger charge is 2.09. The molecule has 0 bridgehead atoms. The Labute approximate surface area is 85.1 Å². The molecule has 2 N–H and O–H groups in total. The van der Waals surface area contributed by atoms with Gasteiger partial charge in [0.2, 0.25) is 0 Å². The summed E-state index contributed by atoms with van der Waals surface area (Å²) in [5.74, 6) is 0. The minimum atomic E-state index is 0.820. The van der Waals surface area contributed by atoms with Crippen molar-refractivity contribution in [1.29, 1.82) is 0 Å². The first-order chi connectivity index (χ1) is 6.18. The van der Waals surface area contributed by atoms with E-state index in [1.165, 1.54) is 10.4 Å². The second kappa shape index (κ2) is 3.12. The number of nitrogen functional groups attached to an aromatic ring is 1. The molecule has 4 heteroatoms. The normalized spacial score (nSPS) is 10.6. The maximum atomic E-state index is 5.76. The van der Waals surface area contributed by atoms with E-state index < -0.39 is 0 Å². The van der Waals surface area contributed by atoms with Crippen LogP contribution >= 0.6 is 22.7 Å². The van der Waals surface area contributed by atoms with Crippen LogP contribution in [0.2, 0.25) is 0 Å². The number of hydrogen-bond acceptors (Lipinski definition) is 4. The first-order valence-corrected chi connectivity index (χ1v) is 5.65. The Morgan fingerprint density at radius 1 is 1.38 bits per heavy atom. The highest BCUT2D eigenvalue weighted by Crippen LogP contribution is 2.33. The summed E-state index contributed by atoms with van der Waals surface area (Å²) in [5.41, 5.74) is 7.91. The van der Waals surface area contributed by atoms with Crippen molar-refractivity contribution in [1.82, 2.24) is 4.98 Å². The van der Waals surface area contributed by atoms with Gasteiger partial charge in [-0.1, -0.05) is 11.3 Å². The predicted molar refractivity (Wildman–Crippen MR) is 59.3 cm³/mol. The predicted octanol–water partition coefficient (Wildman–Crippen LogP) is 3.07. The van der Waals surface area contributed by atoms with Gasteiger partial charge in [0.05, 0.1) is 5.69 Å². The van der Waals surface area contributed by atoms with Crippen LogP contribution in [0.25, 0.3) is 10.6 Å². The van der Waals surface area contributed by atoms with E-state index in [-0.39, 0.29) is 0 Å². The molecule has 2 aromatic heterocycles. The Kier molecular flexibility index (Phi) is 2.09. The molecule has 0 aromatic carbocycles. The van der Waals surface area contributed by atoms with Crippen molar-refractivity contribution in [3.05, 3.63) is 22.0 Å². The van der Waals surface area contributed by atoms with Gasteiger partial charge in [0.1, 0.15) is 10.0 Å². The summed E-state index contributed by atoms with van der Waals surface area (Å²) in [6, 6.07) is 2.09. The number of rotatable bonds is 1. The molecular weight excluding hydrogens is 200 g/mol. The lowest BCUT2D eigenvalue weighted by Gasteiger charge is -1.90. The van der Waals surface area contributed by atoms with Crippen LogP contribution in [0, 0.1) is 13.8 Å². The molecule has 0 fully saturated rings. The molecule has 0 aliphatic rings. The minimum Gasteiger partial charge on any atom is -0.389 e. The van der Waals surface area contributed by atoms with Crippen molar-refractivity contribution in [3.8, 4) is 10.6 Å². The number of aryl methyl sites for hydroxylation is 2. The van der Waals surface area contributed by atoms with E-state index in [0.29, 0.717) is 0 Å². The Balaban J connectivity index is 2.53. The van der Waals surface area contributed by atoms with Gasteiger partial charge in [-0.3, -0.25) is 0 Å². The third-order valence-corrected chi connectivity index (χ3v) is 3.79. The zero-order valence-corrected chi connectivity index (χ0v) is 9.13. The monoisotopic (exact) mass is 210 g/mol. The van der Waals surface area contributed by atoms with Gasteiger partial charge in [-0.05, 0) is 25.3 Å². The Morgan fingerprint density at radius 2 is 2.15 bits per heavy atom. The lowest BCUT2D eigenvalue weighted by molar-refractivity contribution is 1.27. The van der Waals surface area contributed by atoms with Crippen LogP contribution in [0.1, 0.15) is 10.6 Å². The van der Waals surface area contributed by atoms with Gasteiger partial charge in [-0.25, -0.2) is 4.98 Å². The largest absolute Gasteiger partial charge is 0.389 e. The number of thiazole rings is 1. The summed E-state index contributed by atoms with van der Waals surface area (Å²) >= 11 is 3.30. The zero-order chi connectivity index (χ0) is 9.42. The molecule has 2 rings (SSSR count). The van der Waals surface area contributed by atoms with Crippen molar-refractivity contribution in [2.75, 3.05) is 5.73 Å². The molecule has 2 nitrogen and oxygen atoms in total. The van der Waals surface area contributed by atoms with Crippen LogP contribution < -0.4 is 5.73 Å². The van der Waals surface area contributed by atoms with Crippen molar-refractivity contribution in [3.63, 3.8) is 0 Å². The second-order valence-electron chi connectivity index (χ2n) is 2.86. The third kappa shape index (κ3) is 1.47. The molecule has 13 heavy (non-hydrogen) atoms. The van der Waals surface area contributed by atoms with E-state index in [0.717, 1.165) is 15.7 Å². The highest BCUT2D eigenvalue weighted by atomic mass is 32.1. The number of aromatic nitrogens is 1. The molecule has 0 spiro atoms. The molecule has 2 heterocycles. The molecule has 68 valence electrons. The molecule has 0 amide bonds. The van der Waals surface area contributed by atoms with Gasteiger partial charge in [0.15, 0.2) is 0 Å². The van der Waals surface area contributed by atoms with Crippen LogP contribution in [0.3, 0.4) is 0 Å². The fourth-order valence-corrected chi connectivity index (χ4v) is 2.81. The maximum Gasteiger partial charge on any atom is 0.126 e. The van der Waals surface area contributed by atoms with E-state index in [2.05, 4.69) is 23.4 Å². The summed E-state index contributed by atoms with van der Waals surface area (Å²) in [5, 5.41) is 3.94. The summed E-state index contributed by atoms with van der Waals surface area (Å²) in [4.78, 5) is 5.71. The van der Waals surface area contributed by atoms with Crippen LogP contribution in [0.5, 0.6) is 0 Å². The smallest absolute Gasteiger partial charge is 0.126 e. The summed E-state index contributed by atoms with van der Waals surface area (Å²) < 4.78 is 0. The molecule has 0 aliphatic heterocycles. The standard InChI is InChI=1S/C9H10N2S2/c1-5-8(10)13-9(11-5)7-3-4-12-6(7)2/h3-4H,10H2,1-2H3. The molecule has 0 saturated heterocycles. The summed E-state index contributed by atoms with van der Waals surface area (Å²) in [6.07, 6.45) is 0. The Hall–Kier alpha value is -0.870. The van der Waals surface area contributed by atoms with Crippen LogP contribution in [-0.4, -0.2) is 4.98 Å². The number of nitrogens with zero attached hydrogens (tertiary/aromatic N) is 1. The Morgan fingerprint density at radius 3 is 2.62 bits per heavy atom. The fourth-order valence-electron chi connectivity index (χ4n) is 1.13. The lowest BCUT2D eigenvalue weighted by Crippen LogP contribution is -1.81. The lowest BCUT2D eigenvalue weighted by atomic mass is 10.3. The molecule has 0 saturated carbocycles. The van der Waals surface area contributed by atoms with Gasteiger partial charge in [0, 0.05) is 10.4 Å². The number of thiophene rings is 1. The van der Waals surface area contributed by atoms with Crippen molar-refractivity contribution < 1.29 is 0 Å². The number of hydrogen-bond donors (Lipinski definition) is 1. The van der Waals surface area contributed by atoms with E-state index in [4.69, 9.17) is 5.73 Å². The summed E-state index contributed by atoms with van der Waals surface area (Å²) in [6.45, 7) is 4.05. The average molecular weight is 210 g/mol. The molecular formula is C9H10N2S2. The van der Waals surface area contributed by atoms with Gasteiger partial charge in [-0.2, -0.15) is 0 Å². The SMILES string of the molecule is Cc1nc(-c2ccsc2C)sc1N. The molecule has 0 aliphatic carbocycles. The third-order valence-electron chi connectivity index (χ3n) is 1.92. The number of nitrogens with two attached hydrogens (primary N) is 1. The first kappa shape index (κ1) is 8.72. The quantitative estimate of drug-likeness (QED) is 0.785. The van der Waals surface area contributed by atoms with E-state index in [1.54, 1.807) is 22.7 Å². The molecule has 0 atom stereocenters. The zero-order valence-electron chi connectivity index (χ0n) is 7.50. The van der Waals surface area contributed by atoms with E-state index >= 15 is 0 Å². The van der Waals surface area contributed by atoms with Crippen LogP contribution in [0.15, 0.2) is 11.4 Å². The first-order valence-electron chi connectivity index (χ1n) is 3.96. The number of anilines is 1. The maximum absolute atomic E-state index is 5.76. The van der Waals surface area contributed by atoms with Gasteiger partial charge >= 0.3 is 0 Å². The summed E-state index contributed by atoms with van der Waals surface area (Å²) in [7, 11) is 0. The van der Waals surface area contributed by atoms with E-state index in [9.17, 15) is 0 Å². The van der Waals surface area contributed by atoms with Gasteiger partial charge in [-0.15, -0.1) is 11.3 Å². The van der Waals surface area contributed by atoms with Gasteiger partial charge < -0.3 is 5.73 Å². The molecule has 0 unspecified atom stereocenters. The molecule has 0 radical (unpaired) electrons.